The minimum Gasteiger partial charge on any atom is -0.382 e. The Labute approximate surface area is 91.4 Å². The molecule has 1 aliphatic rings. The summed E-state index contributed by atoms with van der Waals surface area (Å²) in [6, 6.07) is 8.72. The van der Waals surface area contributed by atoms with Crippen LogP contribution in [0.1, 0.15) is 30.5 Å². The van der Waals surface area contributed by atoms with E-state index in [0.29, 0.717) is 5.92 Å². The fourth-order valence-corrected chi connectivity index (χ4v) is 2.37. The summed E-state index contributed by atoms with van der Waals surface area (Å²) >= 11 is 0. The minimum atomic E-state index is 0.210. The zero-order valence-electron chi connectivity index (χ0n) is 9.28. The molecule has 0 saturated heterocycles. The van der Waals surface area contributed by atoms with E-state index in [1.807, 2.05) is 6.92 Å². The lowest BCUT2D eigenvalue weighted by molar-refractivity contribution is 0.129. The normalized spacial score (nSPS) is 24.1. The second-order valence-electron chi connectivity index (χ2n) is 4.17. The SMILES string of the molecule is CCOCCC1Cc2ccccc2C1N. The lowest BCUT2D eigenvalue weighted by atomic mass is 9.98. The van der Waals surface area contributed by atoms with Crippen LogP contribution in [0.4, 0.5) is 0 Å². The van der Waals surface area contributed by atoms with Crippen molar-refractivity contribution in [1.82, 2.24) is 0 Å². The zero-order valence-corrected chi connectivity index (χ0v) is 9.28. The summed E-state index contributed by atoms with van der Waals surface area (Å²) in [5.74, 6) is 0.564. The highest BCUT2D eigenvalue weighted by Crippen LogP contribution is 2.35. The first kappa shape index (κ1) is 10.7. The molecule has 1 aromatic carbocycles. The van der Waals surface area contributed by atoms with Gasteiger partial charge in [-0.15, -0.1) is 0 Å². The van der Waals surface area contributed by atoms with Crippen molar-refractivity contribution in [2.75, 3.05) is 13.2 Å². The quantitative estimate of drug-likeness (QED) is 0.765. The molecular formula is C13H19NO. The maximum atomic E-state index is 6.22. The molecule has 2 N–H and O–H groups in total. The molecule has 0 fully saturated rings. The molecule has 1 aliphatic carbocycles. The number of hydrogen-bond acceptors (Lipinski definition) is 2. The summed E-state index contributed by atoms with van der Waals surface area (Å²) in [4.78, 5) is 0. The van der Waals surface area contributed by atoms with Gasteiger partial charge in [0.05, 0.1) is 0 Å². The van der Waals surface area contributed by atoms with Crippen LogP contribution in [0.5, 0.6) is 0 Å². The van der Waals surface area contributed by atoms with Crippen LogP contribution < -0.4 is 5.73 Å². The number of rotatable bonds is 4. The Morgan fingerprint density at radius 3 is 2.93 bits per heavy atom. The van der Waals surface area contributed by atoms with Crippen LogP contribution in [0.3, 0.4) is 0 Å². The molecule has 0 aromatic heterocycles. The molecule has 0 bridgehead atoms. The first-order chi connectivity index (χ1) is 7.33. The lowest BCUT2D eigenvalue weighted by Gasteiger charge is -2.15. The summed E-state index contributed by atoms with van der Waals surface area (Å²) in [6.07, 6.45) is 2.19. The topological polar surface area (TPSA) is 35.2 Å². The van der Waals surface area contributed by atoms with E-state index in [1.165, 1.54) is 11.1 Å². The standard InChI is InChI=1S/C13H19NO/c1-2-15-8-7-11-9-10-5-3-4-6-12(10)13(11)14/h3-6,11,13H,2,7-9,14H2,1H3. The van der Waals surface area contributed by atoms with E-state index < -0.39 is 0 Å². The number of hydrogen-bond donors (Lipinski definition) is 1. The third-order valence-corrected chi connectivity index (χ3v) is 3.24. The molecule has 2 unspecified atom stereocenters. The Morgan fingerprint density at radius 1 is 1.40 bits per heavy atom. The highest BCUT2D eigenvalue weighted by molar-refractivity contribution is 5.35. The van der Waals surface area contributed by atoms with Gasteiger partial charge in [-0.05, 0) is 36.8 Å². The zero-order chi connectivity index (χ0) is 10.7. The van der Waals surface area contributed by atoms with E-state index in [0.717, 1.165) is 26.1 Å². The maximum Gasteiger partial charge on any atom is 0.0469 e. The second kappa shape index (κ2) is 4.77. The molecule has 0 spiro atoms. The highest BCUT2D eigenvalue weighted by Gasteiger charge is 2.28. The summed E-state index contributed by atoms with van der Waals surface area (Å²) < 4.78 is 5.39. The summed E-state index contributed by atoms with van der Waals surface area (Å²) in [7, 11) is 0. The van der Waals surface area contributed by atoms with Crippen LogP contribution in [-0.4, -0.2) is 13.2 Å². The van der Waals surface area contributed by atoms with E-state index in [2.05, 4.69) is 24.3 Å². The van der Waals surface area contributed by atoms with Crippen molar-refractivity contribution in [1.29, 1.82) is 0 Å². The first-order valence-electron chi connectivity index (χ1n) is 5.74. The van der Waals surface area contributed by atoms with Gasteiger partial charge < -0.3 is 10.5 Å². The molecule has 2 heteroatoms. The van der Waals surface area contributed by atoms with E-state index in [-0.39, 0.29) is 6.04 Å². The van der Waals surface area contributed by atoms with Crippen LogP contribution >= 0.6 is 0 Å². The molecular weight excluding hydrogens is 186 g/mol. The van der Waals surface area contributed by atoms with Crippen LogP contribution in [0.15, 0.2) is 24.3 Å². The largest absolute Gasteiger partial charge is 0.382 e. The van der Waals surface area contributed by atoms with E-state index >= 15 is 0 Å². The summed E-state index contributed by atoms with van der Waals surface area (Å²) in [5.41, 5.74) is 8.97. The average molecular weight is 205 g/mol. The van der Waals surface area contributed by atoms with E-state index in [4.69, 9.17) is 10.5 Å². The lowest BCUT2D eigenvalue weighted by Crippen LogP contribution is -2.18. The van der Waals surface area contributed by atoms with Crippen molar-refractivity contribution >= 4 is 0 Å². The molecule has 2 atom stereocenters. The van der Waals surface area contributed by atoms with Crippen molar-refractivity contribution in [3.63, 3.8) is 0 Å². The highest BCUT2D eigenvalue weighted by atomic mass is 16.5. The smallest absolute Gasteiger partial charge is 0.0469 e. The third kappa shape index (κ3) is 2.21. The molecule has 2 nitrogen and oxygen atoms in total. The molecule has 0 amide bonds. The predicted octanol–water partition coefficient (Wildman–Crippen LogP) is 2.29. The predicted molar refractivity (Wildman–Crippen MR) is 61.7 cm³/mol. The van der Waals surface area contributed by atoms with Crippen molar-refractivity contribution in [3.05, 3.63) is 35.4 Å². The van der Waals surface area contributed by atoms with Crippen LogP contribution in [0.25, 0.3) is 0 Å². The van der Waals surface area contributed by atoms with E-state index in [9.17, 15) is 0 Å². The Bertz CT molecular complexity index is 324. The average Bonchev–Trinajstić information content (AvgIpc) is 2.57. The first-order valence-corrected chi connectivity index (χ1v) is 5.74. The van der Waals surface area contributed by atoms with Crippen molar-refractivity contribution in [2.45, 2.75) is 25.8 Å². The van der Waals surface area contributed by atoms with Crippen molar-refractivity contribution in [2.24, 2.45) is 11.7 Å². The summed E-state index contributed by atoms with van der Waals surface area (Å²) in [6.45, 7) is 3.67. The Hall–Kier alpha value is -0.860. The number of fused-ring (bicyclic) bond motifs is 1. The number of ether oxygens (including phenoxy) is 1. The number of benzene rings is 1. The minimum absolute atomic E-state index is 0.210. The fourth-order valence-electron chi connectivity index (χ4n) is 2.37. The van der Waals surface area contributed by atoms with Gasteiger partial charge in [0.15, 0.2) is 0 Å². The number of nitrogens with two attached hydrogens (primary N) is 1. The maximum absolute atomic E-state index is 6.22. The van der Waals surface area contributed by atoms with Crippen molar-refractivity contribution in [3.8, 4) is 0 Å². The van der Waals surface area contributed by atoms with Gasteiger partial charge in [-0.2, -0.15) is 0 Å². The molecule has 0 aliphatic heterocycles. The van der Waals surface area contributed by atoms with Gasteiger partial charge in [-0.3, -0.25) is 0 Å². The van der Waals surface area contributed by atoms with Gasteiger partial charge in [0, 0.05) is 19.3 Å². The van der Waals surface area contributed by atoms with Gasteiger partial charge in [0.1, 0.15) is 0 Å². The van der Waals surface area contributed by atoms with Gasteiger partial charge in [-0.25, -0.2) is 0 Å². The van der Waals surface area contributed by atoms with Crippen LogP contribution in [0.2, 0.25) is 0 Å². The monoisotopic (exact) mass is 205 g/mol. The molecule has 1 aromatic rings. The summed E-state index contributed by atoms with van der Waals surface area (Å²) in [5, 5.41) is 0. The molecule has 0 saturated carbocycles. The molecule has 0 radical (unpaired) electrons. The molecule has 15 heavy (non-hydrogen) atoms. The molecule has 82 valence electrons. The van der Waals surface area contributed by atoms with Crippen LogP contribution in [0, 0.1) is 5.92 Å². The Morgan fingerprint density at radius 2 is 2.20 bits per heavy atom. The Kier molecular flexibility index (Phi) is 3.39. The van der Waals surface area contributed by atoms with Gasteiger partial charge in [0.25, 0.3) is 0 Å². The molecule has 2 rings (SSSR count). The third-order valence-electron chi connectivity index (χ3n) is 3.24. The van der Waals surface area contributed by atoms with Gasteiger partial charge in [-0.1, -0.05) is 24.3 Å². The van der Waals surface area contributed by atoms with Gasteiger partial charge >= 0.3 is 0 Å². The Balaban J connectivity index is 1.97. The second-order valence-corrected chi connectivity index (χ2v) is 4.17. The van der Waals surface area contributed by atoms with Crippen molar-refractivity contribution < 1.29 is 4.74 Å². The fraction of sp³-hybridized carbons (Fsp3) is 0.538. The molecule has 0 heterocycles. The van der Waals surface area contributed by atoms with E-state index in [1.54, 1.807) is 0 Å². The van der Waals surface area contributed by atoms with Crippen LogP contribution in [-0.2, 0) is 11.2 Å². The van der Waals surface area contributed by atoms with Gasteiger partial charge in [0.2, 0.25) is 0 Å².